The molecule has 0 spiro atoms. The number of oxazole rings is 1. The number of hydrogen-bond acceptors (Lipinski definition) is 4. The normalized spacial score (nSPS) is 10.9. The molecule has 3 aromatic carbocycles. The molecular formula is C21H14ClFN2O2S. The lowest BCUT2D eigenvalue weighted by Gasteiger charge is -2.05. The number of rotatable bonds is 5. The number of anilines is 1. The third-order valence-corrected chi connectivity index (χ3v) is 5.21. The number of aromatic nitrogens is 1. The van der Waals surface area contributed by atoms with Gasteiger partial charge in [-0.15, -0.1) is 11.8 Å². The Morgan fingerprint density at radius 3 is 2.57 bits per heavy atom. The van der Waals surface area contributed by atoms with Crippen molar-refractivity contribution in [1.29, 1.82) is 0 Å². The van der Waals surface area contributed by atoms with E-state index in [4.69, 9.17) is 16.0 Å². The fraction of sp³-hybridized carbons (Fsp3) is 0.0476. The summed E-state index contributed by atoms with van der Waals surface area (Å²) < 4.78 is 18.8. The molecule has 0 saturated carbocycles. The van der Waals surface area contributed by atoms with Gasteiger partial charge in [0.2, 0.25) is 11.8 Å². The van der Waals surface area contributed by atoms with Gasteiger partial charge in [0.25, 0.3) is 0 Å². The zero-order valence-corrected chi connectivity index (χ0v) is 16.1. The zero-order valence-electron chi connectivity index (χ0n) is 14.5. The first-order chi connectivity index (χ1) is 13.6. The molecule has 0 aliphatic rings. The van der Waals surface area contributed by atoms with Crippen LogP contribution in [0.25, 0.3) is 22.6 Å². The monoisotopic (exact) mass is 412 g/mol. The topological polar surface area (TPSA) is 55.1 Å². The average Bonchev–Trinajstić information content (AvgIpc) is 3.11. The highest BCUT2D eigenvalue weighted by Gasteiger charge is 2.10. The number of carbonyl (C=O) groups is 1. The van der Waals surface area contributed by atoms with E-state index in [-0.39, 0.29) is 17.5 Å². The minimum atomic E-state index is -0.318. The molecule has 0 fully saturated rings. The number of carbonyl (C=O) groups excluding carboxylic acids is 1. The first kappa shape index (κ1) is 18.5. The van der Waals surface area contributed by atoms with Crippen molar-refractivity contribution in [3.8, 4) is 11.5 Å². The van der Waals surface area contributed by atoms with E-state index >= 15 is 0 Å². The number of hydrogen-bond donors (Lipinski definition) is 1. The van der Waals surface area contributed by atoms with E-state index in [1.807, 2.05) is 12.1 Å². The van der Waals surface area contributed by atoms with Gasteiger partial charge in [0, 0.05) is 21.2 Å². The second-order valence-electron chi connectivity index (χ2n) is 6.00. The van der Waals surface area contributed by atoms with E-state index in [0.29, 0.717) is 33.3 Å². The van der Waals surface area contributed by atoms with E-state index in [2.05, 4.69) is 10.3 Å². The standard InChI is InChI=1S/C21H14ClFN2O2S/c22-14-3-8-17(9-4-14)28-12-20(26)24-16-7-10-19-18(11-16)25-21(27-19)13-1-5-15(23)6-2-13/h1-11H,12H2,(H,24,26). The van der Waals surface area contributed by atoms with Crippen LogP contribution in [0.15, 0.2) is 76.0 Å². The van der Waals surface area contributed by atoms with Crippen molar-refractivity contribution in [1.82, 2.24) is 4.98 Å². The first-order valence-electron chi connectivity index (χ1n) is 8.41. The highest BCUT2D eigenvalue weighted by Crippen LogP contribution is 2.27. The molecule has 4 rings (SSSR count). The minimum absolute atomic E-state index is 0.124. The second kappa shape index (κ2) is 8.04. The van der Waals surface area contributed by atoms with Crippen molar-refractivity contribution < 1.29 is 13.6 Å². The molecule has 1 heterocycles. The molecule has 0 radical (unpaired) electrons. The Bertz CT molecular complexity index is 1130. The van der Waals surface area contributed by atoms with Crippen LogP contribution in [-0.4, -0.2) is 16.6 Å². The smallest absolute Gasteiger partial charge is 0.234 e. The van der Waals surface area contributed by atoms with Crippen LogP contribution in [-0.2, 0) is 4.79 Å². The zero-order chi connectivity index (χ0) is 19.5. The van der Waals surface area contributed by atoms with Crippen LogP contribution in [0.5, 0.6) is 0 Å². The highest BCUT2D eigenvalue weighted by atomic mass is 35.5. The Kier molecular flexibility index (Phi) is 5.32. The Morgan fingerprint density at radius 1 is 1.07 bits per heavy atom. The first-order valence-corrected chi connectivity index (χ1v) is 9.78. The Hall–Kier alpha value is -2.83. The summed E-state index contributed by atoms with van der Waals surface area (Å²) in [6.07, 6.45) is 0. The maximum Gasteiger partial charge on any atom is 0.234 e. The molecule has 140 valence electrons. The molecular weight excluding hydrogens is 399 g/mol. The molecule has 0 bridgehead atoms. The van der Waals surface area contributed by atoms with Crippen molar-refractivity contribution in [3.05, 3.63) is 77.6 Å². The quantitative estimate of drug-likeness (QED) is 0.407. The highest BCUT2D eigenvalue weighted by molar-refractivity contribution is 8.00. The molecule has 1 amide bonds. The summed E-state index contributed by atoms with van der Waals surface area (Å²) in [4.78, 5) is 17.6. The summed E-state index contributed by atoms with van der Waals surface area (Å²) in [6, 6.07) is 18.5. The van der Waals surface area contributed by atoms with Crippen LogP contribution >= 0.6 is 23.4 Å². The average molecular weight is 413 g/mol. The van der Waals surface area contributed by atoms with E-state index < -0.39 is 0 Å². The molecule has 0 aliphatic heterocycles. The van der Waals surface area contributed by atoms with Gasteiger partial charge < -0.3 is 9.73 Å². The number of nitrogens with zero attached hydrogens (tertiary/aromatic N) is 1. The molecule has 28 heavy (non-hydrogen) atoms. The van der Waals surface area contributed by atoms with Gasteiger partial charge in [-0.2, -0.15) is 0 Å². The number of thioether (sulfide) groups is 1. The van der Waals surface area contributed by atoms with Crippen molar-refractivity contribution in [2.75, 3.05) is 11.1 Å². The van der Waals surface area contributed by atoms with Crippen LogP contribution in [0.2, 0.25) is 5.02 Å². The number of nitrogens with one attached hydrogen (secondary N) is 1. The van der Waals surface area contributed by atoms with Gasteiger partial charge >= 0.3 is 0 Å². The molecule has 0 aliphatic carbocycles. The third-order valence-electron chi connectivity index (χ3n) is 3.95. The van der Waals surface area contributed by atoms with Crippen LogP contribution in [0, 0.1) is 5.82 Å². The third kappa shape index (κ3) is 4.35. The maximum absolute atomic E-state index is 13.1. The Morgan fingerprint density at radius 2 is 1.82 bits per heavy atom. The van der Waals surface area contributed by atoms with Gasteiger partial charge in [-0.05, 0) is 66.7 Å². The number of halogens is 2. The molecule has 4 aromatic rings. The van der Waals surface area contributed by atoms with Crippen molar-refractivity contribution >= 4 is 46.1 Å². The predicted molar refractivity (Wildman–Crippen MR) is 110 cm³/mol. The Balaban J connectivity index is 1.44. The summed E-state index contributed by atoms with van der Waals surface area (Å²) in [6.45, 7) is 0. The number of amides is 1. The van der Waals surface area contributed by atoms with Crippen molar-refractivity contribution in [2.24, 2.45) is 0 Å². The van der Waals surface area contributed by atoms with Gasteiger partial charge in [0.1, 0.15) is 11.3 Å². The van der Waals surface area contributed by atoms with Crippen LogP contribution < -0.4 is 5.32 Å². The fourth-order valence-corrected chi connectivity index (χ4v) is 3.42. The molecule has 4 nitrogen and oxygen atoms in total. The molecule has 0 unspecified atom stereocenters. The summed E-state index contributed by atoms with van der Waals surface area (Å²) in [5.74, 6) is 0.235. The van der Waals surface area contributed by atoms with Crippen LogP contribution in [0.4, 0.5) is 10.1 Å². The lowest BCUT2D eigenvalue weighted by Crippen LogP contribution is -2.13. The van der Waals surface area contributed by atoms with Crippen molar-refractivity contribution in [3.63, 3.8) is 0 Å². The number of benzene rings is 3. The lowest BCUT2D eigenvalue weighted by atomic mass is 10.2. The fourth-order valence-electron chi connectivity index (χ4n) is 2.60. The van der Waals surface area contributed by atoms with Crippen LogP contribution in [0.1, 0.15) is 0 Å². The number of fused-ring (bicyclic) bond motifs is 1. The van der Waals surface area contributed by atoms with Gasteiger partial charge in [-0.25, -0.2) is 9.37 Å². The minimum Gasteiger partial charge on any atom is -0.436 e. The van der Waals surface area contributed by atoms with E-state index in [1.54, 1.807) is 42.5 Å². The SMILES string of the molecule is O=C(CSc1ccc(Cl)cc1)Nc1ccc2oc(-c3ccc(F)cc3)nc2c1. The summed E-state index contributed by atoms with van der Waals surface area (Å²) in [5, 5.41) is 3.52. The van der Waals surface area contributed by atoms with Gasteiger partial charge in [0.15, 0.2) is 5.58 Å². The summed E-state index contributed by atoms with van der Waals surface area (Å²) >= 11 is 7.29. The predicted octanol–water partition coefficient (Wildman–Crippen LogP) is 6.02. The van der Waals surface area contributed by atoms with Gasteiger partial charge in [-0.3, -0.25) is 4.79 Å². The molecule has 0 atom stereocenters. The second-order valence-corrected chi connectivity index (χ2v) is 7.48. The maximum atomic E-state index is 13.1. The van der Waals surface area contributed by atoms with Gasteiger partial charge in [-0.1, -0.05) is 11.6 Å². The van der Waals surface area contributed by atoms with E-state index in [1.165, 1.54) is 23.9 Å². The van der Waals surface area contributed by atoms with Crippen LogP contribution in [0.3, 0.4) is 0 Å². The van der Waals surface area contributed by atoms with E-state index in [9.17, 15) is 9.18 Å². The van der Waals surface area contributed by atoms with Gasteiger partial charge in [0.05, 0.1) is 5.75 Å². The van der Waals surface area contributed by atoms with E-state index in [0.717, 1.165) is 4.90 Å². The van der Waals surface area contributed by atoms with Crippen molar-refractivity contribution in [2.45, 2.75) is 4.90 Å². The molecule has 1 N–H and O–H groups in total. The lowest BCUT2D eigenvalue weighted by molar-refractivity contribution is -0.113. The molecule has 1 aromatic heterocycles. The molecule has 0 saturated heterocycles. The molecule has 7 heteroatoms. The summed E-state index contributed by atoms with van der Waals surface area (Å²) in [5.41, 5.74) is 2.52. The largest absolute Gasteiger partial charge is 0.436 e. The summed E-state index contributed by atoms with van der Waals surface area (Å²) in [7, 11) is 0. The Labute approximate surface area is 169 Å².